The van der Waals surface area contributed by atoms with Crippen LogP contribution in [-0.2, 0) is 16.1 Å². The quantitative estimate of drug-likeness (QED) is 0.759. The van der Waals surface area contributed by atoms with Crippen molar-refractivity contribution < 1.29 is 14.6 Å². The highest BCUT2D eigenvalue weighted by molar-refractivity contribution is 5.70. The molecule has 0 radical (unpaired) electrons. The molecule has 1 saturated heterocycles. The van der Waals surface area contributed by atoms with Crippen LogP contribution in [-0.4, -0.2) is 29.8 Å². The Kier molecular flexibility index (Phi) is 4.12. The van der Waals surface area contributed by atoms with E-state index in [0.29, 0.717) is 26.0 Å². The summed E-state index contributed by atoms with van der Waals surface area (Å²) in [5.74, 6) is -0.222. The number of esters is 1. The van der Waals surface area contributed by atoms with Gasteiger partial charge in [0.1, 0.15) is 6.61 Å². The van der Waals surface area contributed by atoms with Gasteiger partial charge in [-0.05, 0) is 12.0 Å². The Morgan fingerprint density at radius 3 is 2.82 bits per heavy atom. The highest BCUT2D eigenvalue weighted by atomic mass is 16.5. The Bertz CT molecular complexity index is 366. The molecule has 0 aliphatic carbocycles. The average Bonchev–Trinajstić information content (AvgIpc) is 2.73. The van der Waals surface area contributed by atoms with Gasteiger partial charge in [0.15, 0.2) is 0 Å². The van der Waals surface area contributed by atoms with Crippen molar-refractivity contribution in [1.82, 2.24) is 5.32 Å². The normalized spacial score (nSPS) is 23.6. The van der Waals surface area contributed by atoms with E-state index in [4.69, 9.17) is 4.74 Å². The van der Waals surface area contributed by atoms with Crippen LogP contribution in [0.2, 0.25) is 0 Å². The summed E-state index contributed by atoms with van der Waals surface area (Å²) in [4.78, 5) is 11.5. The predicted octanol–water partition coefficient (Wildman–Crippen LogP) is 0.843. The first-order valence-corrected chi connectivity index (χ1v) is 5.85. The number of rotatable bonds is 4. The van der Waals surface area contributed by atoms with Crippen molar-refractivity contribution >= 4 is 5.97 Å². The summed E-state index contributed by atoms with van der Waals surface area (Å²) in [6.07, 6.45) is 0.617. The summed E-state index contributed by atoms with van der Waals surface area (Å²) in [5.41, 5.74) is 0.986. The minimum absolute atomic E-state index is 0.0493. The Morgan fingerprint density at radius 1 is 1.41 bits per heavy atom. The molecule has 1 aliphatic rings. The smallest absolute Gasteiger partial charge is 0.307 e. The molecule has 0 unspecified atom stereocenters. The van der Waals surface area contributed by atoms with E-state index in [1.165, 1.54) is 0 Å². The molecule has 1 aromatic rings. The lowest BCUT2D eigenvalue weighted by Crippen LogP contribution is -2.25. The third kappa shape index (κ3) is 3.84. The highest BCUT2D eigenvalue weighted by Crippen LogP contribution is 2.11. The van der Waals surface area contributed by atoms with E-state index in [0.717, 1.165) is 5.56 Å². The molecule has 0 aromatic heterocycles. The van der Waals surface area contributed by atoms with E-state index in [1.54, 1.807) is 0 Å². The number of aliphatic hydroxyl groups is 1. The molecular formula is C13H17NO3. The fourth-order valence-electron chi connectivity index (χ4n) is 1.95. The molecule has 0 spiro atoms. The number of ether oxygens (including phenoxy) is 1. The molecule has 0 saturated carbocycles. The van der Waals surface area contributed by atoms with E-state index < -0.39 is 0 Å². The van der Waals surface area contributed by atoms with Gasteiger partial charge in [-0.2, -0.15) is 0 Å². The van der Waals surface area contributed by atoms with Gasteiger partial charge in [-0.1, -0.05) is 30.3 Å². The highest BCUT2D eigenvalue weighted by Gasteiger charge is 2.24. The number of hydrogen-bond acceptors (Lipinski definition) is 4. The third-order valence-electron chi connectivity index (χ3n) is 2.85. The summed E-state index contributed by atoms with van der Waals surface area (Å²) < 4.78 is 5.16. The fraction of sp³-hybridized carbons (Fsp3) is 0.462. The average molecular weight is 235 g/mol. The number of aliphatic hydroxyl groups excluding tert-OH is 1. The van der Waals surface area contributed by atoms with E-state index in [1.807, 2.05) is 30.3 Å². The van der Waals surface area contributed by atoms with Gasteiger partial charge in [-0.25, -0.2) is 0 Å². The summed E-state index contributed by atoms with van der Waals surface area (Å²) in [7, 11) is 0. The fourth-order valence-corrected chi connectivity index (χ4v) is 1.95. The maximum atomic E-state index is 11.5. The van der Waals surface area contributed by atoms with Crippen molar-refractivity contribution in [1.29, 1.82) is 0 Å². The van der Waals surface area contributed by atoms with Crippen LogP contribution in [0, 0.1) is 0 Å². The van der Waals surface area contributed by atoms with Gasteiger partial charge in [0, 0.05) is 12.6 Å². The predicted molar refractivity (Wildman–Crippen MR) is 63.3 cm³/mol. The Hall–Kier alpha value is -1.39. The van der Waals surface area contributed by atoms with E-state index >= 15 is 0 Å². The molecule has 1 fully saturated rings. The molecule has 92 valence electrons. The number of β-amino-alcohol motifs (C(OH)–C–C–N with tert-alkyl or cyclic N) is 1. The Morgan fingerprint density at radius 2 is 2.18 bits per heavy atom. The van der Waals surface area contributed by atoms with Crippen molar-refractivity contribution in [2.75, 3.05) is 6.54 Å². The lowest BCUT2D eigenvalue weighted by Gasteiger charge is -2.09. The van der Waals surface area contributed by atoms with Crippen molar-refractivity contribution in [2.24, 2.45) is 0 Å². The van der Waals surface area contributed by atoms with Gasteiger partial charge < -0.3 is 15.2 Å². The summed E-state index contributed by atoms with van der Waals surface area (Å²) in [6.45, 7) is 0.881. The summed E-state index contributed by atoms with van der Waals surface area (Å²) >= 11 is 0. The van der Waals surface area contributed by atoms with Crippen molar-refractivity contribution in [2.45, 2.75) is 31.6 Å². The number of hydrogen-bond donors (Lipinski definition) is 2. The van der Waals surface area contributed by atoms with Crippen LogP contribution in [0.25, 0.3) is 0 Å². The van der Waals surface area contributed by atoms with Crippen molar-refractivity contribution in [3.8, 4) is 0 Å². The van der Waals surface area contributed by atoms with E-state index in [2.05, 4.69) is 5.32 Å². The number of nitrogens with one attached hydrogen (secondary N) is 1. The van der Waals surface area contributed by atoms with E-state index in [-0.39, 0.29) is 18.1 Å². The van der Waals surface area contributed by atoms with Gasteiger partial charge in [0.2, 0.25) is 0 Å². The minimum Gasteiger partial charge on any atom is -0.461 e. The zero-order chi connectivity index (χ0) is 12.1. The number of carbonyl (C=O) groups is 1. The van der Waals surface area contributed by atoms with Gasteiger partial charge in [-0.3, -0.25) is 4.79 Å². The third-order valence-corrected chi connectivity index (χ3v) is 2.85. The monoisotopic (exact) mass is 235 g/mol. The lowest BCUT2D eigenvalue weighted by molar-refractivity contribution is -0.145. The van der Waals surface area contributed by atoms with Gasteiger partial charge >= 0.3 is 5.97 Å². The van der Waals surface area contributed by atoms with Gasteiger partial charge in [-0.15, -0.1) is 0 Å². The van der Waals surface area contributed by atoms with Crippen LogP contribution in [0.1, 0.15) is 18.4 Å². The van der Waals surface area contributed by atoms with Gasteiger partial charge in [0.05, 0.1) is 12.5 Å². The topological polar surface area (TPSA) is 58.6 Å². The van der Waals surface area contributed by atoms with Crippen LogP contribution in [0.4, 0.5) is 0 Å². The molecule has 0 bridgehead atoms. The second-order valence-electron chi connectivity index (χ2n) is 4.35. The SMILES string of the molecule is O=C(C[C@@H]1C[C@@H](O)CN1)OCc1ccccc1. The second kappa shape index (κ2) is 5.80. The minimum atomic E-state index is -0.332. The van der Waals surface area contributed by atoms with Crippen LogP contribution < -0.4 is 5.32 Å². The molecule has 4 heteroatoms. The second-order valence-corrected chi connectivity index (χ2v) is 4.35. The Balaban J connectivity index is 1.71. The molecule has 2 N–H and O–H groups in total. The van der Waals surface area contributed by atoms with Crippen molar-refractivity contribution in [3.05, 3.63) is 35.9 Å². The molecule has 0 amide bonds. The zero-order valence-corrected chi connectivity index (χ0v) is 9.63. The summed E-state index contributed by atoms with van der Waals surface area (Å²) in [6, 6.07) is 9.65. The lowest BCUT2D eigenvalue weighted by atomic mass is 10.1. The molecule has 2 atom stereocenters. The molecular weight excluding hydrogens is 218 g/mol. The standard InChI is InChI=1S/C13H17NO3/c15-12-6-11(14-8-12)7-13(16)17-9-10-4-2-1-3-5-10/h1-5,11-12,14-15H,6-9H2/t11-,12+/m0/s1. The van der Waals surface area contributed by atoms with E-state index in [9.17, 15) is 9.90 Å². The van der Waals surface area contributed by atoms with Crippen LogP contribution in [0.5, 0.6) is 0 Å². The molecule has 4 nitrogen and oxygen atoms in total. The van der Waals surface area contributed by atoms with Crippen LogP contribution >= 0.6 is 0 Å². The first-order valence-electron chi connectivity index (χ1n) is 5.85. The molecule has 17 heavy (non-hydrogen) atoms. The zero-order valence-electron chi connectivity index (χ0n) is 9.63. The van der Waals surface area contributed by atoms with Crippen molar-refractivity contribution in [3.63, 3.8) is 0 Å². The van der Waals surface area contributed by atoms with Crippen LogP contribution in [0.15, 0.2) is 30.3 Å². The first kappa shape index (κ1) is 12.1. The number of benzene rings is 1. The maximum Gasteiger partial charge on any atom is 0.307 e. The van der Waals surface area contributed by atoms with Crippen LogP contribution in [0.3, 0.4) is 0 Å². The molecule has 1 heterocycles. The van der Waals surface area contributed by atoms with Gasteiger partial charge in [0.25, 0.3) is 0 Å². The molecule has 2 rings (SSSR count). The Labute approximate surface area is 101 Å². The molecule has 1 aliphatic heterocycles. The molecule has 1 aromatic carbocycles. The largest absolute Gasteiger partial charge is 0.461 e. The summed E-state index contributed by atoms with van der Waals surface area (Å²) in [5, 5.41) is 12.4. The maximum absolute atomic E-state index is 11.5. The first-order chi connectivity index (χ1) is 8.24. The number of carbonyl (C=O) groups excluding carboxylic acids is 1.